The quantitative estimate of drug-likeness (QED) is 0.817. The van der Waals surface area contributed by atoms with Gasteiger partial charge in [0.1, 0.15) is 0 Å². The zero-order chi connectivity index (χ0) is 18.7. The molecule has 138 valence electrons. The van der Waals surface area contributed by atoms with E-state index in [2.05, 4.69) is 9.82 Å². The Morgan fingerprint density at radius 2 is 2.12 bits per heavy atom. The van der Waals surface area contributed by atoms with Gasteiger partial charge < -0.3 is 0 Å². The first-order valence-electron chi connectivity index (χ1n) is 8.47. The fourth-order valence-electron chi connectivity index (χ4n) is 2.79. The Morgan fingerprint density at radius 3 is 2.77 bits per heavy atom. The molecule has 0 fully saturated rings. The van der Waals surface area contributed by atoms with Gasteiger partial charge in [0.25, 0.3) is 0 Å². The first-order chi connectivity index (χ1) is 12.4. The predicted octanol–water partition coefficient (Wildman–Crippen LogP) is 3.60. The number of sulfonamides is 1. The highest BCUT2D eigenvalue weighted by Gasteiger charge is 2.32. The van der Waals surface area contributed by atoms with E-state index < -0.39 is 10.0 Å². The molecule has 0 bridgehead atoms. The van der Waals surface area contributed by atoms with Crippen molar-refractivity contribution in [2.45, 2.75) is 32.7 Å². The van der Waals surface area contributed by atoms with Crippen molar-refractivity contribution in [2.24, 2.45) is 5.10 Å². The summed E-state index contributed by atoms with van der Waals surface area (Å²) in [6.07, 6.45) is 0.991. The summed E-state index contributed by atoms with van der Waals surface area (Å²) in [7, 11) is -3.34. The van der Waals surface area contributed by atoms with Crippen LogP contribution >= 0.6 is 11.3 Å². The van der Waals surface area contributed by atoms with Crippen LogP contribution in [0.1, 0.15) is 43.2 Å². The molecule has 2 aromatic rings. The van der Waals surface area contributed by atoms with Gasteiger partial charge in [-0.25, -0.2) is 13.4 Å². The van der Waals surface area contributed by atoms with Crippen molar-refractivity contribution in [1.29, 1.82) is 0 Å². The average molecular weight is 392 g/mol. The number of carbonyl (C=O) groups excluding carboxylic acids is 1. The Bertz CT molecular complexity index is 921. The zero-order valence-corrected chi connectivity index (χ0v) is 16.3. The Hall–Kier alpha value is -2.19. The topological polar surface area (TPSA) is 78.8 Å². The molecule has 8 heteroatoms. The number of carbonyl (C=O) groups is 1. The molecular weight excluding hydrogens is 370 g/mol. The summed E-state index contributed by atoms with van der Waals surface area (Å²) in [5, 5.41) is 8.10. The molecule has 0 spiro atoms. The van der Waals surface area contributed by atoms with Crippen molar-refractivity contribution in [3.63, 3.8) is 0 Å². The number of hydrogen-bond donors (Lipinski definition) is 1. The van der Waals surface area contributed by atoms with E-state index in [1.54, 1.807) is 41.5 Å². The largest absolute Gasteiger partial charge is 0.284 e. The molecule has 1 amide bonds. The molecule has 3 rings (SSSR count). The van der Waals surface area contributed by atoms with E-state index >= 15 is 0 Å². The van der Waals surface area contributed by atoms with Gasteiger partial charge in [-0.2, -0.15) is 5.10 Å². The predicted molar refractivity (Wildman–Crippen MR) is 105 cm³/mol. The van der Waals surface area contributed by atoms with E-state index in [1.165, 1.54) is 0 Å². The lowest BCUT2D eigenvalue weighted by atomic mass is 10.0. The molecule has 0 unspecified atom stereocenters. The third-order valence-corrected chi connectivity index (χ3v) is 6.47. The summed E-state index contributed by atoms with van der Waals surface area (Å²) in [6.45, 7) is 3.41. The lowest BCUT2D eigenvalue weighted by Gasteiger charge is -2.19. The second-order valence-electron chi connectivity index (χ2n) is 5.96. The molecule has 1 aromatic heterocycles. The second-order valence-corrected chi connectivity index (χ2v) is 8.95. The van der Waals surface area contributed by atoms with Gasteiger partial charge in [0.2, 0.25) is 15.9 Å². The highest BCUT2D eigenvalue weighted by atomic mass is 32.2. The molecule has 6 nitrogen and oxygen atoms in total. The van der Waals surface area contributed by atoms with E-state index in [1.807, 2.05) is 30.5 Å². The highest BCUT2D eigenvalue weighted by Crippen LogP contribution is 2.35. The number of benzene rings is 1. The lowest BCUT2D eigenvalue weighted by molar-refractivity contribution is -0.132. The summed E-state index contributed by atoms with van der Waals surface area (Å²) >= 11 is 1.60. The van der Waals surface area contributed by atoms with E-state index in [0.717, 1.165) is 16.2 Å². The first-order valence-corrected chi connectivity index (χ1v) is 11.0. The van der Waals surface area contributed by atoms with E-state index in [9.17, 15) is 13.2 Å². The molecule has 0 saturated carbocycles. The zero-order valence-electron chi connectivity index (χ0n) is 14.7. The molecule has 1 atom stereocenters. The molecule has 0 radical (unpaired) electrons. The van der Waals surface area contributed by atoms with Crippen LogP contribution in [0.4, 0.5) is 5.69 Å². The number of thiophene rings is 1. The number of hydrogen-bond acceptors (Lipinski definition) is 5. The minimum absolute atomic E-state index is 0.0113. The molecule has 2 heterocycles. The molecule has 1 aromatic carbocycles. The van der Waals surface area contributed by atoms with Crippen LogP contribution in [0.3, 0.4) is 0 Å². The summed E-state index contributed by atoms with van der Waals surface area (Å²) < 4.78 is 26.1. The fourth-order valence-corrected chi connectivity index (χ4v) is 4.24. The van der Waals surface area contributed by atoms with Crippen molar-refractivity contribution >= 4 is 38.7 Å². The summed E-state index contributed by atoms with van der Waals surface area (Å²) in [5.74, 6) is -0.0153. The molecule has 26 heavy (non-hydrogen) atoms. The summed E-state index contributed by atoms with van der Waals surface area (Å²) in [4.78, 5) is 13.4. The maximum Gasteiger partial charge on any atom is 0.243 e. The van der Waals surface area contributed by atoms with Gasteiger partial charge in [-0.1, -0.05) is 25.1 Å². The lowest BCUT2D eigenvalue weighted by Crippen LogP contribution is -2.25. The Morgan fingerprint density at radius 1 is 1.31 bits per heavy atom. The van der Waals surface area contributed by atoms with Gasteiger partial charge in [-0.15, -0.1) is 11.3 Å². The Balaban J connectivity index is 1.90. The van der Waals surface area contributed by atoms with Crippen LogP contribution in [-0.4, -0.2) is 30.8 Å². The van der Waals surface area contributed by atoms with E-state index in [-0.39, 0.29) is 17.7 Å². The highest BCUT2D eigenvalue weighted by molar-refractivity contribution is 7.92. The standard InChI is InChI=1S/C18H21N3O3S2/c1-3-18(22)21-16(17-9-6-10-25-17)12-15(19-21)13-7-5-8-14(11-13)20-26(23,24)4-2/h5-11,16,20H,3-4,12H2,1-2H3/t16-/m1/s1. The summed E-state index contributed by atoms with van der Waals surface area (Å²) in [6, 6.07) is 11.0. The van der Waals surface area contributed by atoms with Crippen molar-refractivity contribution in [3.05, 3.63) is 52.2 Å². The molecule has 1 aliphatic heterocycles. The van der Waals surface area contributed by atoms with Gasteiger partial charge in [0.05, 0.1) is 17.5 Å². The third-order valence-electron chi connectivity index (χ3n) is 4.19. The van der Waals surface area contributed by atoms with Crippen molar-refractivity contribution in [1.82, 2.24) is 5.01 Å². The van der Waals surface area contributed by atoms with Crippen LogP contribution in [0.2, 0.25) is 0 Å². The number of anilines is 1. The van der Waals surface area contributed by atoms with E-state index in [4.69, 9.17) is 0 Å². The number of hydrazone groups is 1. The SMILES string of the molecule is CCC(=O)N1N=C(c2cccc(NS(=O)(=O)CC)c2)C[C@@H]1c1cccs1. The third kappa shape index (κ3) is 3.96. The number of nitrogens with zero attached hydrogens (tertiary/aromatic N) is 2. The minimum atomic E-state index is -3.34. The van der Waals surface area contributed by atoms with Crippen LogP contribution < -0.4 is 4.72 Å². The number of amides is 1. The number of rotatable bonds is 6. The molecule has 0 saturated heterocycles. The van der Waals surface area contributed by atoms with Crippen LogP contribution in [0.15, 0.2) is 46.9 Å². The maximum atomic E-state index is 12.3. The van der Waals surface area contributed by atoms with E-state index in [0.29, 0.717) is 18.5 Å². The monoisotopic (exact) mass is 391 g/mol. The molecular formula is C18H21N3O3S2. The van der Waals surface area contributed by atoms with Gasteiger partial charge in [0, 0.05) is 23.4 Å². The first kappa shape index (κ1) is 18.6. The van der Waals surface area contributed by atoms with Gasteiger partial charge >= 0.3 is 0 Å². The molecule has 0 aliphatic carbocycles. The minimum Gasteiger partial charge on any atom is -0.284 e. The van der Waals surface area contributed by atoms with Gasteiger partial charge in [-0.05, 0) is 36.1 Å². The Kier molecular flexibility index (Phi) is 5.43. The normalized spacial score (nSPS) is 17.2. The van der Waals surface area contributed by atoms with Crippen molar-refractivity contribution in [2.75, 3.05) is 10.5 Å². The molecule has 1 aliphatic rings. The van der Waals surface area contributed by atoms with Gasteiger partial charge in [0.15, 0.2) is 0 Å². The maximum absolute atomic E-state index is 12.3. The fraction of sp³-hybridized carbons (Fsp3) is 0.333. The van der Waals surface area contributed by atoms with Crippen LogP contribution in [0.25, 0.3) is 0 Å². The molecule has 1 N–H and O–H groups in total. The second kappa shape index (κ2) is 7.59. The number of nitrogens with one attached hydrogen (secondary N) is 1. The average Bonchev–Trinajstić information content (AvgIpc) is 3.30. The van der Waals surface area contributed by atoms with Crippen molar-refractivity contribution in [3.8, 4) is 0 Å². The van der Waals surface area contributed by atoms with Crippen LogP contribution in [0.5, 0.6) is 0 Å². The van der Waals surface area contributed by atoms with Crippen LogP contribution in [0, 0.1) is 0 Å². The van der Waals surface area contributed by atoms with Gasteiger partial charge in [-0.3, -0.25) is 9.52 Å². The summed E-state index contributed by atoms with van der Waals surface area (Å²) in [5.41, 5.74) is 2.09. The smallest absolute Gasteiger partial charge is 0.243 e. The Labute approximate surface area is 157 Å². The van der Waals surface area contributed by atoms with Crippen LogP contribution in [-0.2, 0) is 14.8 Å². The van der Waals surface area contributed by atoms with Crippen molar-refractivity contribution < 1.29 is 13.2 Å².